The molecule has 6 heteroatoms. The summed E-state index contributed by atoms with van der Waals surface area (Å²) in [6, 6.07) is 7.19. The zero-order valence-corrected chi connectivity index (χ0v) is 11.1. The predicted molar refractivity (Wildman–Crippen MR) is 69.0 cm³/mol. The van der Waals surface area contributed by atoms with Crippen LogP contribution in [0.25, 0.3) is 0 Å². The van der Waals surface area contributed by atoms with Gasteiger partial charge in [-0.25, -0.2) is 4.63 Å². The van der Waals surface area contributed by atoms with E-state index in [-0.39, 0.29) is 6.42 Å². The molecule has 2 aromatic rings. The summed E-state index contributed by atoms with van der Waals surface area (Å²) >= 11 is 5.89. The van der Waals surface area contributed by atoms with E-state index in [2.05, 4.69) is 14.9 Å². The maximum atomic E-state index is 11.3. The summed E-state index contributed by atoms with van der Waals surface area (Å²) in [4.78, 5) is 11.3. The van der Waals surface area contributed by atoms with Gasteiger partial charge in [0.15, 0.2) is 0 Å². The second kappa shape index (κ2) is 5.84. The molecule has 0 aliphatic heterocycles. The fourth-order valence-electron chi connectivity index (χ4n) is 1.86. The summed E-state index contributed by atoms with van der Waals surface area (Å²) in [6.07, 6.45) is 0.680. The highest BCUT2D eigenvalue weighted by atomic mass is 35.5. The molecule has 0 aliphatic carbocycles. The molecule has 0 fully saturated rings. The van der Waals surface area contributed by atoms with E-state index in [1.54, 1.807) is 25.1 Å². The quantitative estimate of drug-likeness (QED) is 0.911. The van der Waals surface area contributed by atoms with Crippen molar-refractivity contribution in [1.82, 2.24) is 10.3 Å². The summed E-state index contributed by atoms with van der Waals surface area (Å²) in [5.74, 6) is -1.45. The Morgan fingerprint density at radius 3 is 2.79 bits per heavy atom. The van der Waals surface area contributed by atoms with E-state index in [9.17, 15) is 9.90 Å². The van der Waals surface area contributed by atoms with Crippen molar-refractivity contribution in [2.24, 2.45) is 5.92 Å². The molecule has 1 heterocycles. The third-order valence-electron chi connectivity index (χ3n) is 2.91. The van der Waals surface area contributed by atoms with Crippen LogP contribution in [0.1, 0.15) is 17.0 Å². The van der Waals surface area contributed by atoms with Gasteiger partial charge in [0.25, 0.3) is 0 Å². The van der Waals surface area contributed by atoms with Crippen molar-refractivity contribution < 1.29 is 14.5 Å². The molecule has 0 aliphatic rings. The number of carboxylic acids is 1. The van der Waals surface area contributed by atoms with Crippen molar-refractivity contribution in [1.29, 1.82) is 0 Å². The molecular weight excluding hydrogens is 268 g/mol. The number of carbonyl (C=O) groups is 1. The predicted octanol–water partition coefficient (Wildman–Crippen LogP) is 2.52. The molecule has 1 aromatic carbocycles. The van der Waals surface area contributed by atoms with Crippen LogP contribution in [0.5, 0.6) is 0 Å². The third-order valence-corrected chi connectivity index (χ3v) is 3.14. The number of nitrogens with zero attached hydrogens (tertiary/aromatic N) is 2. The molecule has 0 radical (unpaired) electrons. The van der Waals surface area contributed by atoms with E-state index in [0.29, 0.717) is 22.8 Å². The Kier molecular flexibility index (Phi) is 4.16. The molecule has 5 nitrogen and oxygen atoms in total. The third kappa shape index (κ3) is 3.54. The second-order valence-corrected chi connectivity index (χ2v) is 4.81. The summed E-state index contributed by atoms with van der Waals surface area (Å²) in [5.41, 5.74) is 2.08. The number of aromatic nitrogens is 2. The lowest BCUT2D eigenvalue weighted by Crippen LogP contribution is -2.19. The monoisotopic (exact) mass is 280 g/mol. The van der Waals surface area contributed by atoms with Crippen LogP contribution in [0.2, 0.25) is 5.02 Å². The summed E-state index contributed by atoms with van der Waals surface area (Å²) < 4.78 is 4.58. The smallest absolute Gasteiger partial charge is 0.307 e. The normalized spacial score (nSPS) is 12.3. The first-order valence-corrected chi connectivity index (χ1v) is 6.19. The molecule has 1 aromatic heterocycles. The standard InChI is InChI=1S/C13H13ClN2O3/c1-8-12(16-19-15-8)7-10(13(17)18)5-9-3-2-4-11(14)6-9/h2-4,6,10H,5,7H2,1H3,(H,17,18). The highest BCUT2D eigenvalue weighted by molar-refractivity contribution is 6.30. The molecule has 0 amide bonds. The minimum Gasteiger partial charge on any atom is -0.481 e. The molecule has 19 heavy (non-hydrogen) atoms. The van der Waals surface area contributed by atoms with Crippen LogP contribution in [-0.4, -0.2) is 21.4 Å². The Bertz CT molecular complexity index is 583. The Hall–Kier alpha value is -1.88. The van der Waals surface area contributed by atoms with Crippen molar-refractivity contribution in [2.75, 3.05) is 0 Å². The first kappa shape index (κ1) is 13.5. The fourth-order valence-corrected chi connectivity index (χ4v) is 2.08. The first-order chi connectivity index (χ1) is 9.06. The number of hydrogen-bond donors (Lipinski definition) is 1. The van der Waals surface area contributed by atoms with E-state index < -0.39 is 11.9 Å². The number of carboxylic acid groups (broad SMARTS) is 1. The van der Waals surface area contributed by atoms with E-state index in [0.717, 1.165) is 5.56 Å². The van der Waals surface area contributed by atoms with Crippen molar-refractivity contribution >= 4 is 17.6 Å². The summed E-state index contributed by atoms with van der Waals surface area (Å²) in [6.45, 7) is 1.74. The summed E-state index contributed by atoms with van der Waals surface area (Å²) in [7, 11) is 0. The maximum absolute atomic E-state index is 11.3. The highest BCUT2D eigenvalue weighted by Crippen LogP contribution is 2.18. The zero-order valence-electron chi connectivity index (χ0n) is 10.3. The first-order valence-electron chi connectivity index (χ1n) is 5.81. The molecule has 1 unspecified atom stereocenters. The number of rotatable bonds is 5. The largest absolute Gasteiger partial charge is 0.481 e. The van der Waals surface area contributed by atoms with Gasteiger partial charge < -0.3 is 5.11 Å². The highest BCUT2D eigenvalue weighted by Gasteiger charge is 2.21. The maximum Gasteiger partial charge on any atom is 0.307 e. The average molecular weight is 281 g/mol. The van der Waals surface area contributed by atoms with Gasteiger partial charge in [0.2, 0.25) is 0 Å². The van der Waals surface area contributed by atoms with E-state index in [4.69, 9.17) is 11.6 Å². The van der Waals surface area contributed by atoms with Crippen molar-refractivity contribution in [2.45, 2.75) is 19.8 Å². The van der Waals surface area contributed by atoms with Gasteiger partial charge in [-0.3, -0.25) is 4.79 Å². The van der Waals surface area contributed by atoms with Crippen molar-refractivity contribution in [3.05, 3.63) is 46.2 Å². The molecule has 1 N–H and O–H groups in total. The lowest BCUT2D eigenvalue weighted by molar-refractivity contribution is -0.141. The van der Waals surface area contributed by atoms with Gasteiger partial charge in [0, 0.05) is 11.4 Å². The number of hydrogen-bond acceptors (Lipinski definition) is 4. The molecule has 100 valence electrons. The zero-order chi connectivity index (χ0) is 13.8. The van der Waals surface area contributed by atoms with Gasteiger partial charge in [-0.05, 0) is 31.0 Å². The Labute approximate surface area is 115 Å². The van der Waals surface area contributed by atoms with Crippen LogP contribution in [0.3, 0.4) is 0 Å². The van der Waals surface area contributed by atoms with Gasteiger partial charge in [-0.15, -0.1) is 0 Å². The molecule has 2 rings (SSSR count). The lowest BCUT2D eigenvalue weighted by atomic mass is 9.94. The molecular formula is C13H13ClN2O3. The molecule has 0 bridgehead atoms. The molecule has 0 saturated carbocycles. The van der Waals surface area contributed by atoms with Crippen LogP contribution in [0.15, 0.2) is 28.9 Å². The van der Waals surface area contributed by atoms with Crippen LogP contribution in [0, 0.1) is 12.8 Å². The lowest BCUT2D eigenvalue weighted by Gasteiger charge is -2.11. The van der Waals surface area contributed by atoms with Gasteiger partial charge >= 0.3 is 5.97 Å². The number of aryl methyl sites for hydroxylation is 1. The van der Waals surface area contributed by atoms with E-state index >= 15 is 0 Å². The summed E-state index contributed by atoms with van der Waals surface area (Å²) in [5, 5.41) is 17.3. The Morgan fingerprint density at radius 1 is 1.42 bits per heavy atom. The van der Waals surface area contributed by atoms with E-state index in [1.807, 2.05) is 6.07 Å². The van der Waals surface area contributed by atoms with Crippen LogP contribution >= 0.6 is 11.6 Å². The Morgan fingerprint density at radius 2 is 2.21 bits per heavy atom. The van der Waals surface area contributed by atoms with Gasteiger partial charge in [0.05, 0.1) is 5.92 Å². The number of halogens is 1. The van der Waals surface area contributed by atoms with Gasteiger partial charge in [-0.2, -0.15) is 0 Å². The average Bonchev–Trinajstić information content (AvgIpc) is 2.74. The minimum atomic E-state index is -0.873. The number of aliphatic carboxylic acids is 1. The molecule has 0 saturated heterocycles. The topological polar surface area (TPSA) is 76.2 Å². The molecule has 1 atom stereocenters. The van der Waals surface area contributed by atoms with Crippen LogP contribution < -0.4 is 0 Å². The fraction of sp³-hybridized carbons (Fsp3) is 0.308. The second-order valence-electron chi connectivity index (χ2n) is 4.37. The van der Waals surface area contributed by atoms with Gasteiger partial charge in [0.1, 0.15) is 11.4 Å². The molecule has 0 spiro atoms. The van der Waals surface area contributed by atoms with Crippen LogP contribution in [0.4, 0.5) is 0 Å². The Balaban J connectivity index is 2.13. The van der Waals surface area contributed by atoms with E-state index in [1.165, 1.54) is 0 Å². The van der Waals surface area contributed by atoms with Crippen molar-refractivity contribution in [3.8, 4) is 0 Å². The van der Waals surface area contributed by atoms with Crippen molar-refractivity contribution in [3.63, 3.8) is 0 Å². The van der Waals surface area contributed by atoms with Crippen LogP contribution in [-0.2, 0) is 17.6 Å². The van der Waals surface area contributed by atoms with Gasteiger partial charge in [-0.1, -0.05) is 34.0 Å². The number of benzene rings is 1. The SMILES string of the molecule is Cc1nonc1CC(Cc1cccc(Cl)c1)C(=O)O. The minimum absolute atomic E-state index is 0.289.